The first kappa shape index (κ1) is 13.3. The van der Waals surface area contributed by atoms with Crippen molar-refractivity contribution in [1.82, 2.24) is 0 Å². The van der Waals surface area contributed by atoms with E-state index >= 15 is 0 Å². The first-order valence-electron chi connectivity index (χ1n) is 6.32. The molecule has 2 atom stereocenters. The van der Waals surface area contributed by atoms with E-state index in [1.807, 2.05) is 6.07 Å². The van der Waals surface area contributed by atoms with E-state index in [-0.39, 0.29) is 0 Å². The van der Waals surface area contributed by atoms with Gasteiger partial charge in [-0.2, -0.15) is 0 Å². The molecular weight excluding hydrogens is 250 g/mol. The minimum atomic E-state index is 0.510. The lowest BCUT2D eigenvalue weighted by molar-refractivity contribution is 0.355. The molecule has 1 aromatic carbocycles. The number of rotatable bonds is 4. The Morgan fingerprint density at radius 3 is 2.39 bits per heavy atom. The van der Waals surface area contributed by atoms with Crippen LogP contribution in [0, 0.1) is 5.92 Å². The van der Waals surface area contributed by atoms with Crippen LogP contribution in [0.15, 0.2) is 12.1 Å². The number of hydrogen-bond acceptors (Lipinski definition) is 3. The highest BCUT2D eigenvalue weighted by molar-refractivity contribution is 6.33. The molecule has 2 rings (SSSR count). The molecule has 0 aliphatic heterocycles. The van der Waals surface area contributed by atoms with Crippen LogP contribution in [0.3, 0.4) is 0 Å². The summed E-state index contributed by atoms with van der Waals surface area (Å²) in [7, 11) is 3.24. The van der Waals surface area contributed by atoms with Crippen molar-refractivity contribution in [2.75, 3.05) is 19.5 Å². The molecule has 1 aliphatic carbocycles. The van der Waals surface area contributed by atoms with Gasteiger partial charge in [-0.3, -0.25) is 0 Å². The fraction of sp³-hybridized carbons (Fsp3) is 0.571. The Labute approximate surface area is 113 Å². The Bertz CT molecular complexity index is 423. The third-order valence-electron chi connectivity index (χ3n) is 3.53. The van der Waals surface area contributed by atoms with E-state index in [1.165, 1.54) is 19.3 Å². The normalized spacial score (nSPS) is 22.9. The molecular formula is C14H20ClNO2. The standard InChI is InChI=1S/C14H20ClNO2/c1-9-4-5-10(6-9)16-12-8-14(18-3)13(17-2)7-11(12)15/h7-10,16H,4-6H2,1-3H3. The Kier molecular flexibility index (Phi) is 4.23. The van der Waals surface area contributed by atoms with Gasteiger partial charge in [0.05, 0.1) is 24.9 Å². The minimum absolute atomic E-state index is 0.510. The number of benzene rings is 1. The Hall–Kier alpha value is -1.09. The second-order valence-electron chi connectivity index (χ2n) is 4.95. The van der Waals surface area contributed by atoms with Gasteiger partial charge >= 0.3 is 0 Å². The van der Waals surface area contributed by atoms with Crippen LogP contribution in [-0.4, -0.2) is 20.3 Å². The smallest absolute Gasteiger partial charge is 0.162 e. The van der Waals surface area contributed by atoms with Crippen LogP contribution in [-0.2, 0) is 0 Å². The summed E-state index contributed by atoms with van der Waals surface area (Å²) in [5, 5.41) is 4.17. The van der Waals surface area contributed by atoms with Crippen molar-refractivity contribution < 1.29 is 9.47 Å². The fourth-order valence-corrected chi connectivity index (χ4v) is 2.73. The van der Waals surface area contributed by atoms with Crippen LogP contribution in [0.5, 0.6) is 11.5 Å². The highest BCUT2D eigenvalue weighted by Crippen LogP contribution is 2.37. The van der Waals surface area contributed by atoms with Gasteiger partial charge in [-0.25, -0.2) is 0 Å². The van der Waals surface area contributed by atoms with Crippen LogP contribution in [0.1, 0.15) is 26.2 Å². The van der Waals surface area contributed by atoms with E-state index in [4.69, 9.17) is 21.1 Å². The van der Waals surface area contributed by atoms with Gasteiger partial charge < -0.3 is 14.8 Å². The van der Waals surface area contributed by atoms with E-state index in [1.54, 1.807) is 20.3 Å². The molecule has 1 saturated carbocycles. The fourth-order valence-electron chi connectivity index (χ4n) is 2.52. The predicted octanol–water partition coefficient (Wildman–Crippen LogP) is 3.96. The number of halogens is 1. The SMILES string of the molecule is COc1cc(Cl)c(NC2CCC(C)C2)cc1OC. The monoisotopic (exact) mass is 269 g/mol. The summed E-state index contributed by atoms with van der Waals surface area (Å²) >= 11 is 6.25. The van der Waals surface area contributed by atoms with Crippen LogP contribution in [0.4, 0.5) is 5.69 Å². The highest BCUT2D eigenvalue weighted by atomic mass is 35.5. The maximum absolute atomic E-state index is 6.25. The zero-order valence-corrected chi connectivity index (χ0v) is 11.9. The summed E-state index contributed by atoms with van der Waals surface area (Å²) in [5.74, 6) is 2.16. The van der Waals surface area contributed by atoms with Crippen LogP contribution >= 0.6 is 11.6 Å². The molecule has 0 spiro atoms. The third kappa shape index (κ3) is 2.83. The summed E-state index contributed by atoms with van der Waals surface area (Å²) in [5.41, 5.74) is 0.924. The average molecular weight is 270 g/mol. The van der Waals surface area contributed by atoms with Crippen molar-refractivity contribution in [2.24, 2.45) is 5.92 Å². The van der Waals surface area contributed by atoms with Gasteiger partial charge in [-0.1, -0.05) is 18.5 Å². The lowest BCUT2D eigenvalue weighted by Crippen LogP contribution is -2.15. The zero-order valence-electron chi connectivity index (χ0n) is 11.1. The third-order valence-corrected chi connectivity index (χ3v) is 3.84. The molecule has 0 aromatic heterocycles. The predicted molar refractivity (Wildman–Crippen MR) is 75.0 cm³/mol. The Morgan fingerprint density at radius 1 is 1.17 bits per heavy atom. The van der Waals surface area contributed by atoms with Gasteiger partial charge in [0.25, 0.3) is 0 Å². The number of hydrogen-bond donors (Lipinski definition) is 1. The molecule has 0 amide bonds. The van der Waals surface area contributed by atoms with E-state index in [2.05, 4.69) is 12.2 Å². The van der Waals surface area contributed by atoms with E-state index in [0.717, 1.165) is 11.6 Å². The van der Waals surface area contributed by atoms with Gasteiger partial charge in [-0.05, 0) is 25.2 Å². The first-order valence-corrected chi connectivity index (χ1v) is 6.70. The van der Waals surface area contributed by atoms with Crippen LogP contribution < -0.4 is 14.8 Å². The number of anilines is 1. The first-order chi connectivity index (χ1) is 8.63. The minimum Gasteiger partial charge on any atom is -0.493 e. The zero-order chi connectivity index (χ0) is 13.1. The van der Waals surface area contributed by atoms with Crippen molar-refractivity contribution in [3.8, 4) is 11.5 Å². The average Bonchev–Trinajstić information content (AvgIpc) is 2.77. The Morgan fingerprint density at radius 2 is 1.83 bits per heavy atom. The molecule has 1 aromatic rings. The molecule has 0 saturated heterocycles. The second kappa shape index (κ2) is 5.70. The molecule has 0 radical (unpaired) electrons. The van der Waals surface area contributed by atoms with E-state index in [0.29, 0.717) is 22.6 Å². The molecule has 4 heteroatoms. The van der Waals surface area contributed by atoms with Gasteiger partial charge in [-0.15, -0.1) is 0 Å². The summed E-state index contributed by atoms with van der Waals surface area (Å²) in [6, 6.07) is 4.21. The molecule has 0 heterocycles. The maximum atomic E-state index is 6.25. The lowest BCUT2D eigenvalue weighted by atomic mass is 10.1. The molecule has 100 valence electrons. The van der Waals surface area contributed by atoms with E-state index < -0.39 is 0 Å². The molecule has 1 N–H and O–H groups in total. The highest BCUT2D eigenvalue weighted by Gasteiger charge is 2.22. The van der Waals surface area contributed by atoms with Crippen LogP contribution in [0.25, 0.3) is 0 Å². The van der Waals surface area contributed by atoms with Crippen molar-refractivity contribution in [3.05, 3.63) is 17.2 Å². The number of ether oxygens (including phenoxy) is 2. The summed E-state index contributed by atoms with van der Waals surface area (Å²) < 4.78 is 10.5. The quantitative estimate of drug-likeness (QED) is 0.898. The molecule has 1 fully saturated rings. The number of methoxy groups -OCH3 is 2. The summed E-state index contributed by atoms with van der Waals surface area (Å²) in [6.07, 6.45) is 3.68. The van der Waals surface area contributed by atoms with Crippen molar-refractivity contribution >= 4 is 17.3 Å². The summed E-state index contributed by atoms with van der Waals surface area (Å²) in [6.45, 7) is 2.29. The van der Waals surface area contributed by atoms with Gasteiger partial charge in [0.2, 0.25) is 0 Å². The summed E-state index contributed by atoms with van der Waals surface area (Å²) in [4.78, 5) is 0. The number of nitrogens with one attached hydrogen (secondary N) is 1. The molecule has 2 unspecified atom stereocenters. The topological polar surface area (TPSA) is 30.5 Å². The van der Waals surface area contributed by atoms with Gasteiger partial charge in [0, 0.05) is 18.2 Å². The molecule has 1 aliphatic rings. The van der Waals surface area contributed by atoms with Crippen molar-refractivity contribution in [3.63, 3.8) is 0 Å². The van der Waals surface area contributed by atoms with Gasteiger partial charge in [0.1, 0.15) is 0 Å². The second-order valence-corrected chi connectivity index (χ2v) is 5.35. The van der Waals surface area contributed by atoms with Crippen molar-refractivity contribution in [1.29, 1.82) is 0 Å². The molecule has 18 heavy (non-hydrogen) atoms. The van der Waals surface area contributed by atoms with Gasteiger partial charge in [0.15, 0.2) is 11.5 Å². The Balaban J connectivity index is 2.17. The maximum Gasteiger partial charge on any atom is 0.162 e. The largest absolute Gasteiger partial charge is 0.493 e. The van der Waals surface area contributed by atoms with E-state index in [9.17, 15) is 0 Å². The van der Waals surface area contributed by atoms with Crippen molar-refractivity contribution in [2.45, 2.75) is 32.2 Å². The molecule has 3 nitrogen and oxygen atoms in total. The lowest BCUT2D eigenvalue weighted by Gasteiger charge is -2.17. The molecule has 0 bridgehead atoms. The van der Waals surface area contributed by atoms with Crippen LogP contribution in [0.2, 0.25) is 5.02 Å².